The Kier molecular flexibility index (Phi) is 4.52. The average molecular weight is 320 g/mol. The number of hydrogen-bond donors (Lipinski definition) is 1. The van der Waals surface area contributed by atoms with Crippen molar-refractivity contribution in [1.82, 2.24) is 10.2 Å². The highest BCUT2D eigenvalue weighted by Gasteiger charge is 2.27. The van der Waals surface area contributed by atoms with Crippen molar-refractivity contribution in [3.63, 3.8) is 0 Å². The second-order valence-electron chi connectivity index (χ2n) is 5.62. The summed E-state index contributed by atoms with van der Waals surface area (Å²) in [6, 6.07) is 3.62. The number of nitrogens with one attached hydrogen (secondary N) is 1. The monoisotopic (exact) mass is 320 g/mol. The summed E-state index contributed by atoms with van der Waals surface area (Å²) in [5, 5.41) is 6.48. The molecule has 1 aromatic heterocycles. The molecular weight excluding hydrogens is 302 g/mol. The molecule has 0 amide bonds. The molecule has 0 radical (unpaired) electrons. The average Bonchev–Trinajstić information content (AvgIpc) is 2.56. The molecule has 23 heavy (non-hydrogen) atoms. The van der Waals surface area contributed by atoms with E-state index in [1.807, 2.05) is 6.92 Å². The van der Waals surface area contributed by atoms with Crippen LogP contribution in [0, 0.1) is 11.6 Å². The van der Waals surface area contributed by atoms with Crippen molar-refractivity contribution < 1.29 is 13.5 Å². The van der Waals surface area contributed by atoms with E-state index in [1.165, 1.54) is 6.07 Å². The molecule has 3 rings (SSSR count). The van der Waals surface area contributed by atoms with Crippen LogP contribution in [0.15, 0.2) is 23.0 Å². The van der Waals surface area contributed by atoms with Crippen LogP contribution in [0.2, 0.25) is 0 Å². The number of rotatable bonds is 3. The lowest BCUT2D eigenvalue weighted by molar-refractivity contribution is 0.0851. The summed E-state index contributed by atoms with van der Waals surface area (Å²) in [7, 11) is 0. The maximum atomic E-state index is 14.3. The van der Waals surface area contributed by atoms with Crippen LogP contribution in [0.1, 0.15) is 36.9 Å². The molecule has 6 heteroatoms. The van der Waals surface area contributed by atoms with E-state index < -0.39 is 17.2 Å². The Balaban J connectivity index is 2.29. The largest absolute Gasteiger partial charge is 0.381 e. The van der Waals surface area contributed by atoms with E-state index in [0.717, 1.165) is 12.1 Å². The van der Waals surface area contributed by atoms with Gasteiger partial charge in [-0.2, -0.15) is 5.10 Å². The predicted octanol–water partition coefficient (Wildman–Crippen LogP) is 3.17. The Hall–Kier alpha value is -2.08. The Morgan fingerprint density at radius 2 is 1.87 bits per heavy atom. The van der Waals surface area contributed by atoms with Crippen molar-refractivity contribution in [2.75, 3.05) is 13.2 Å². The fourth-order valence-electron chi connectivity index (χ4n) is 3.18. The van der Waals surface area contributed by atoms with E-state index in [9.17, 15) is 13.6 Å². The molecule has 2 aromatic rings. The normalized spacial score (nSPS) is 15.8. The Morgan fingerprint density at radius 1 is 1.22 bits per heavy atom. The maximum Gasteiger partial charge on any atom is 0.272 e. The third kappa shape index (κ3) is 2.91. The van der Waals surface area contributed by atoms with Gasteiger partial charge in [-0.1, -0.05) is 13.0 Å². The third-order valence-electron chi connectivity index (χ3n) is 4.28. The van der Waals surface area contributed by atoms with Gasteiger partial charge in [0.1, 0.15) is 11.6 Å². The highest BCUT2D eigenvalue weighted by Crippen LogP contribution is 2.36. The smallest absolute Gasteiger partial charge is 0.272 e. The number of ether oxygens (including phenoxy) is 1. The molecule has 0 atom stereocenters. The molecule has 0 spiro atoms. The molecule has 4 nitrogen and oxygen atoms in total. The van der Waals surface area contributed by atoms with Gasteiger partial charge in [0, 0.05) is 13.2 Å². The lowest BCUT2D eigenvalue weighted by Gasteiger charge is -2.26. The van der Waals surface area contributed by atoms with Gasteiger partial charge in [0.15, 0.2) is 0 Å². The molecule has 0 saturated carbocycles. The first-order chi connectivity index (χ1) is 11.1. The number of aromatic amines is 1. The van der Waals surface area contributed by atoms with Crippen LogP contribution in [-0.4, -0.2) is 23.4 Å². The molecule has 0 bridgehead atoms. The SMILES string of the molecule is CCc1n[nH]c(=O)c(-c2c(F)cccc2F)c1C1CCOCC1. The molecule has 1 N–H and O–H groups in total. The van der Waals surface area contributed by atoms with E-state index in [1.54, 1.807) is 0 Å². The van der Waals surface area contributed by atoms with Crippen molar-refractivity contribution in [1.29, 1.82) is 0 Å². The number of H-pyrrole nitrogens is 1. The van der Waals surface area contributed by atoms with Gasteiger partial charge in [-0.15, -0.1) is 0 Å². The zero-order valence-electron chi connectivity index (χ0n) is 12.9. The van der Waals surface area contributed by atoms with Crippen molar-refractivity contribution in [2.45, 2.75) is 32.1 Å². The van der Waals surface area contributed by atoms with Gasteiger partial charge in [0.25, 0.3) is 5.56 Å². The molecule has 0 aliphatic carbocycles. The van der Waals surface area contributed by atoms with Crippen LogP contribution in [0.25, 0.3) is 11.1 Å². The molecule has 1 aliphatic heterocycles. The van der Waals surface area contributed by atoms with Crippen LogP contribution in [0.4, 0.5) is 8.78 Å². The first-order valence-electron chi connectivity index (χ1n) is 7.77. The van der Waals surface area contributed by atoms with Gasteiger partial charge in [-0.3, -0.25) is 4.79 Å². The number of benzene rings is 1. The number of halogens is 2. The summed E-state index contributed by atoms with van der Waals surface area (Å²) in [5.41, 5.74) is 0.567. The van der Waals surface area contributed by atoms with Crippen LogP contribution in [-0.2, 0) is 11.2 Å². The van der Waals surface area contributed by atoms with E-state index in [-0.39, 0.29) is 17.0 Å². The van der Waals surface area contributed by atoms with E-state index in [0.29, 0.717) is 43.7 Å². The van der Waals surface area contributed by atoms with E-state index in [2.05, 4.69) is 10.2 Å². The molecule has 2 heterocycles. The zero-order valence-corrected chi connectivity index (χ0v) is 12.9. The predicted molar refractivity (Wildman–Crippen MR) is 82.4 cm³/mol. The maximum absolute atomic E-state index is 14.3. The fourth-order valence-corrected chi connectivity index (χ4v) is 3.18. The minimum Gasteiger partial charge on any atom is -0.381 e. The van der Waals surface area contributed by atoms with Gasteiger partial charge in [-0.25, -0.2) is 13.9 Å². The zero-order chi connectivity index (χ0) is 16.4. The molecular formula is C17H18F2N2O2. The Labute approximate surface area is 132 Å². The summed E-state index contributed by atoms with van der Waals surface area (Å²) in [6.07, 6.45) is 1.99. The number of nitrogens with zero attached hydrogens (tertiary/aromatic N) is 1. The van der Waals surface area contributed by atoms with E-state index in [4.69, 9.17) is 4.74 Å². The molecule has 0 unspecified atom stereocenters. The van der Waals surface area contributed by atoms with Crippen LogP contribution in [0.5, 0.6) is 0 Å². The van der Waals surface area contributed by atoms with E-state index >= 15 is 0 Å². The lowest BCUT2D eigenvalue weighted by atomic mass is 9.84. The first kappa shape index (κ1) is 15.8. The van der Waals surface area contributed by atoms with Gasteiger partial charge in [-0.05, 0) is 42.9 Å². The summed E-state index contributed by atoms with van der Waals surface area (Å²) in [6.45, 7) is 3.05. The summed E-state index contributed by atoms with van der Waals surface area (Å²) >= 11 is 0. The van der Waals surface area contributed by atoms with Gasteiger partial charge in [0.05, 0.1) is 16.8 Å². The number of aromatic nitrogens is 2. The number of aryl methyl sites for hydroxylation is 1. The quantitative estimate of drug-likeness (QED) is 0.945. The van der Waals surface area contributed by atoms with Gasteiger partial charge < -0.3 is 4.74 Å². The topological polar surface area (TPSA) is 55.0 Å². The summed E-state index contributed by atoms with van der Waals surface area (Å²) in [5.74, 6) is -1.46. The Bertz CT molecular complexity index is 747. The lowest BCUT2D eigenvalue weighted by Crippen LogP contribution is -2.23. The van der Waals surface area contributed by atoms with Crippen molar-refractivity contribution in [3.8, 4) is 11.1 Å². The van der Waals surface area contributed by atoms with Gasteiger partial charge >= 0.3 is 0 Å². The van der Waals surface area contributed by atoms with Crippen LogP contribution >= 0.6 is 0 Å². The standard InChI is InChI=1S/C17H18F2N2O2/c1-2-13-14(10-6-8-23-9-7-10)16(17(22)21-20-13)15-11(18)4-3-5-12(15)19/h3-5,10H,2,6-9H2,1H3,(H,21,22). The van der Waals surface area contributed by atoms with Crippen molar-refractivity contribution in [2.24, 2.45) is 0 Å². The molecule has 1 aromatic carbocycles. The molecule has 1 fully saturated rings. The minimum atomic E-state index is -0.739. The summed E-state index contributed by atoms with van der Waals surface area (Å²) in [4.78, 5) is 12.4. The van der Waals surface area contributed by atoms with Crippen molar-refractivity contribution >= 4 is 0 Å². The second kappa shape index (κ2) is 6.58. The third-order valence-corrected chi connectivity index (χ3v) is 4.28. The van der Waals surface area contributed by atoms with Gasteiger partial charge in [0.2, 0.25) is 0 Å². The minimum absolute atomic E-state index is 0.0162. The highest BCUT2D eigenvalue weighted by atomic mass is 19.1. The Morgan fingerprint density at radius 3 is 2.48 bits per heavy atom. The number of hydrogen-bond acceptors (Lipinski definition) is 3. The molecule has 1 saturated heterocycles. The van der Waals surface area contributed by atoms with Crippen LogP contribution in [0.3, 0.4) is 0 Å². The second-order valence-corrected chi connectivity index (χ2v) is 5.62. The summed E-state index contributed by atoms with van der Waals surface area (Å²) < 4.78 is 33.9. The molecule has 1 aliphatic rings. The first-order valence-corrected chi connectivity index (χ1v) is 7.77. The van der Waals surface area contributed by atoms with Crippen LogP contribution < -0.4 is 5.56 Å². The molecule has 122 valence electrons. The van der Waals surface area contributed by atoms with Crippen molar-refractivity contribution in [3.05, 3.63) is 51.4 Å². The fraction of sp³-hybridized carbons (Fsp3) is 0.412. The highest BCUT2D eigenvalue weighted by molar-refractivity contribution is 5.69.